The van der Waals surface area contributed by atoms with Gasteiger partial charge in [-0.15, -0.1) is 0 Å². The molecule has 0 aliphatic heterocycles. The fourth-order valence-electron chi connectivity index (χ4n) is 2.34. The summed E-state index contributed by atoms with van der Waals surface area (Å²) in [6, 6.07) is 25.4. The Morgan fingerprint density at radius 3 is 2.04 bits per heavy atom. The van der Waals surface area contributed by atoms with Crippen molar-refractivity contribution in [2.75, 3.05) is 6.73 Å². The quantitative estimate of drug-likeness (QED) is 0.697. The summed E-state index contributed by atoms with van der Waals surface area (Å²) >= 11 is 0. The molecule has 3 aromatic carbocycles. The number of rotatable bonds is 6. The highest BCUT2D eigenvalue weighted by atomic mass is 32.2. The highest BCUT2D eigenvalue weighted by molar-refractivity contribution is 7.89. The summed E-state index contributed by atoms with van der Waals surface area (Å²) in [5.41, 5.74) is 1.51. The molecule has 0 aromatic heterocycles. The van der Waals surface area contributed by atoms with Crippen LogP contribution in [0.1, 0.15) is 0 Å². The molecular formula is C19H17NO3S. The first kappa shape index (κ1) is 16.2. The van der Waals surface area contributed by atoms with Crippen LogP contribution in [0, 0.1) is 0 Å². The maximum atomic E-state index is 12.6. The topological polar surface area (TPSA) is 55.4 Å². The fourth-order valence-corrected chi connectivity index (χ4v) is 3.44. The molecular weight excluding hydrogens is 322 g/mol. The van der Waals surface area contributed by atoms with E-state index in [1.54, 1.807) is 30.3 Å². The van der Waals surface area contributed by atoms with Crippen molar-refractivity contribution in [2.45, 2.75) is 4.90 Å². The largest absolute Gasteiger partial charge is 0.477 e. The molecule has 1 N–H and O–H groups in total. The van der Waals surface area contributed by atoms with Crippen LogP contribution < -0.4 is 9.46 Å². The van der Waals surface area contributed by atoms with Gasteiger partial charge in [0.15, 0.2) is 6.73 Å². The maximum Gasteiger partial charge on any atom is 0.243 e. The Hall–Kier alpha value is -2.63. The molecule has 0 saturated carbocycles. The standard InChI is InChI=1S/C19H17NO3S/c21-24(22,20-15-23-17-11-5-2-6-12-17)19-14-8-7-13-18(19)16-9-3-1-4-10-16/h1-14,20H,15H2. The van der Waals surface area contributed by atoms with Gasteiger partial charge in [0, 0.05) is 5.56 Å². The minimum Gasteiger partial charge on any atom is -0.477 e. The molecule has 0 atom stereocenters. The van der Waals surface area contributed by atoms with Gasteiger partial charge in [0.05, 0.1) is 4.90 Å². The second-order valence-electron chi connectivity index (χ2n) is 5.11. The zero-order chi connectivity index (χ0) is 16.8. The first-order valence-corrected chi connectivity index (χ1v) is 8.97. The average Bonchev–Trinajstić information content (AvgIpc) is 2.63. The molecule has 0 fully saturated rings. The van der Waals surface area contributed by atoms with Crippen LogP contribution in [0.4, 0.5) is 0 Å². The first-order chi connectivity index (χ1) is 11.7. The molecule has 0 unspecified atom stereocenters. The van der Waals surface area contributed by atoms with Crippen molar-refractivity contribution in [3.05, 3.63) is 84.9 Å². The van der Waals surface area contributed by atoms with Crippen molar-refractivity contribution in [1.82, 2.24) is 4.72 Å². The van der Waals surface area contributed by atoms with Gasteiger partial charge in [0.1, 0.15) is 5.75 Å². The van der Waals surface area contributed by atoms with Crippen LogP contribution in [0.25, 0.3) is 11.1 Å². The van der Waals surface area contributed by atoms with E-state index in [2.05, 4.69) is 4.72 Å². The molecule has 3 rings (SSSR count). The Balaban J connectivity index is 1.80. The molecule has 4 nitrogen and oxygen atoms in total. The van der Waals surface area contributed by atoms with Crippen LogP contribution in [0.15, 0.2) is 89.8 Å². The summed E-state index contributed by atoms with van der Waals surface area (Å²) < 4.78 is 33.2. The number of ether oxygens (including phenoxy) is 1. The second-order valence-corrected chi connectivity index (χ2v) is 6.85. The predicted molar refractivity (Wildman–Crippen MR) is 94.1 cm³/mol. The van der Waals surface area contributed by atoms with Crippen molar-refractivity contribution < 1.29 is 13.2 Å². The van der Waals surface area contributed by atoms with E-state index < -0.39 is 10.0 Å². The van der Waals surface area contributed by atoms with Crippen molar-refractivity contribution >= 4 is 10.0 Å². The lowest BCUT2D eigenvalue weighted by Crippen LogP contribution is -2.28. The van der Waals surface area contributed by atoms with Crippen LogP contribution in [-0.2, 0) is 10.0 Å². The first-order valence-electron chi connectivity index (χ1n) is 7.49. The van der Waals surface area contributed by atoms with Gasteiger partial charge in [-0.25, -0.2) is 8.42 Å². The lowest BCUT2D eigenvalue weighted by atomic mass is 10.1. The zero-order valence-electron chi connectivity index (χ0n) is 12.9. The van der Waals surface area contributed by atoms with Gasteiger partial charge in [-0.05, 0) is 23.8 Å². The normalized spacial score (nSPS) is 11.2. The van der Waals surface area contributed by atoms with Crippen molar-refractivity contribution in [3.63, 3.8) is 0 Å². The van der Waals surface area contributed by atoms with E-state index in [-0.39, 0.29) is 11.6 Å². The third kappa shape index (κ3) is 3.82. The summed E-state index contributed by atoms with van der Waals surface area (Å²) in [7, 11) is -3.68. The van der Waals surface area contributed by atoms with E-state index in [0.29, 0.717) is 11.3 Å². The molecule has 122 valence electrons. The number of para-hydroxylation sites is 1. The predicted octanol–water partition coefficient (Wildman–Crippen LogP) is 3.67. The molecule has 0 heterocycles. The molecule has 0 spiro atoms. The third-order valence-corrected chi connectivity index (χ3v) is 4.93. The Labute approximate surface area is 141 Å². The second kappa shape index (κ2) is 7.29. The van der Waals surface area contributed by atoms with E-state index in [1.807, 2.05) is 54.6 Å². The number of nitrogens with one attached hydrogen (secondary N) is 1. The Morgan fingerprint density at radius 1 is 0.750 bits per heavy atom. The van der Waals surface area contributed by atoms with E-state index in [0.717, 1.165) is 5.56 Å². The van der Waals surface area contributed by atoms with Crippen molar-refractivity contribution in [3.8, 4) is 16.9 Å². The minimum atomic E-state index is -3.68. The minimum absolute atomic E-state index is 0.129. The SMILES string of the molecule is O=S(=O)(NCOc1ccccc1)c1ccccc1-c1ccccc1. The van der Waals surface area contributed by atoms with Crippen molar-refractivity contribution in [2.24, 2.45) is 0 Å². The Bertz CT molecular complexity index is 894. The molecule has 0 radical (unpaired) electrons. The van der Waals surface area contributed by atoms with Gasteiger partial charge >= 0.3 is 0 Å². The molecule has 24 heavy (non-hydrogen) atoms. The smallest absolute Gasteiger partial charge is 0.243 e. The number of benzene rings is 3. The lowest BCUT2D eigenvalue weighted by molar-refractivity contribution is 0.311. The van der Waals surface area contributed by atoms with Crippen LogP contribution in [0.5, 0.6) is 5.75 Å². The molecule has 0 bridgehead atoms. The molecule has 0 amide bonds. The molecule has 0 saturated heterocycles. The van der Waals surface area contributed by atoms with E-state index in [4.69, 9.17) is 4.74 Å². The van der Waals surface area contributed by atoms with Gasteiger partial charge in [-0.2, -0.15) is 4.72 Å². The maximum absolute atomic E-state index is 12.6. The Kier molecular flexibility index (Phi) is 4.93. The summed E-state index contributed by atoms with van der Waals surface area (Å²) in [5, 5.41) is 0. The third-order valence-electron chi connectivity index (χ3n) is 3.49. The molecule has 0 aliphatic rings. The van der Waals surface area contributed by atoms with Crippen molar-refractivity contribution in [1.29, 1.82) is 0 Å². The molecule has 3 aromatic rings. The van der Waals surface area contributed by atoms with Crippen LogP contribution in [-0.4, -0.2) is 15.1 Å². The van der Waals surface area contributed by atoms with E-state index in [9.17, 15) is 8.42 Å². The summed E-state index contributed by atoms with van der Waals surface area (Å²) in [6.45, 7) is -0.129. The highest BCUT2D eigenvalue weighted by Gasteiger charge is 2.18. The average molecular weight is 339 g/mol. The van der Waals surface area contributed by atoms with Gasteiger partial charge in [-0.3, -0.25) is 0 Å². The summed E-state index contributed by atoms with van der Waals surface area (Å²) in [4.78, 5) is 0.230. The van der Waals surface area contributed by atoms with Gasteiger partial charge in [0.25, 0.3) is 0 Å². The van der Waals surface area contributed by atoms with Gasteiger partial charge in [-0.1, -0.05) is 66.7 Å². The van der Waals surface area contributed by atoms with Crippen LogP contribution in [0.3, 0.4) is 0 Å². The van der Waals surface area contributed by atoms with Crippen LogP contribution in [0.2, 0.25) is 0 Å². The van der Waals surface area contributed by atoms with Crippen LogP contribution >= 0.6 is 0 Å². The summed E-state index contributed by atoms with van der Waals surface area (Å²) in [5.74, 6) is 0.608. The monoisotopic (exact) mass is 339 g/mol. The van der Waals surface area contributed by atoms with E-state index >= 15 is 0 Å². The molecule has 5 heteroatoms. The fraction of sp³-hybridized carbons (Fsp3) is 0.0526. The number of hydrogen-bond acceptors (Lipinski definition) is 3. The summed E-state index contributed by atoms with van der Waals surface area (Å²) in [6.07, 6.45) is 0. The zero-order valence-corrected chi connectivity index (χ0v) is 13.7. The molecule has 0 aliphatic carbocycles. The number of hydrogen-bond donors (Lipinski definition) is 1. The van der Waals surface area contributed by atoms with E-state index in [1.165, 1.54) is 0 Å². The lowest BCUT2D eigenvalue weighted by Gasteiger charge is -2.12. The number of sulfonamides is 1. The Morgan fingerprint density at radius 2 is 1.33 bits per heavy atom. The van der Waals surface area contributed by atoms with Gasteiger partial charge < -0.3 is 4.74 Å². The highest BCUT2D eigenvalue weighted by Crippen LogP contribution is 2.26. The van der Waals surface area contributed by atoms with Gasteiger partial charge in [0.2, 0.25) is 10.0 Å².